The summed E-state index contributed by atoms with van der Waals surface area (Å²) < 4.78 is 5.74. The summed E-state index contributed by atoms with van der Waals surface area (Å²) in [6.45, 7) is 6.21. The van der Waals surface area contributed by atoms with Gasteiger partial charge in [0, 0.05) is 6.61 Å². The van der Waals surface area contributed by atoms with E-state index in [1.807, 2.05) is 0 Å². The molecular weight excluding hydrogens is 244 g/mol. The summed E-state index contributed by atoms with van der Waals surface area (Å²) in [4.78, 5) is 0. The van der Waals surface area contributed by atoms with Crippen LogP contribution in [0.5, 0.6) is 0 Å². The molecule has 0 amide bonds. The monoisotopic (exact) mass is 278 g/mol. The van der Waals surface area contributed by atoms with Crippen molar-refractivity contribution in [3.8, 4) is 0 Å². The molecule has 2 fully saturated rings. The zero-order valence-electron chi connectivity index (χ0n) is 13.7. The summed E-state index contributed by atoms with van der Waals surface area (Å²) in [6, 6.07) is 0. The largest absolute Gasteiger partial charge is 0.377 e. The van der Waals surface area contributed by atoms with Crippen LogP contribution in [-0.4, -0.2) is 13.2 Å². The minimum Gasteiger partial charge on any atom is -0.377 e. The van der Waals surface area contributed by atoms with E-state index >= 15 is 0 Å². The average molecular weight is 278 g/mol. The molecule has 0 saturated heterocycles. The summed E-state index contributed by atoms with van der Waals surface area (Å²) in [5.74, 6) is 3.98. The Labute approximate surface area is 126 Å². The second-order valence-electron chi connectivity index (χ2n) is 7.08. The minimum atomic E-state index is 0.803. The number of rotatable bonds is 6. The molecule has 1 nitrogen and oxygen atoms in total. The van der Waals surface area contributed by atoms with E-state index in [0.29, 0.717) is 0 Å². The van der Waals surface area contributed by atoms with Crippen molar-refractivity contribution in [1.82, 2.24) is 0 Å². The average Bonchev–Trinajstić information content (AvgIpc) is 2.52. The minimum absolute atomic E-state index is 0.803. The summed E-state index contributed by atoms with van der Waals surface area (Å²) in [7, 11) is 0. The van der Waals surface area contributed by atoms with Crippen LogP contribution in [0.4, 0.5) is 0 Å². The van der Waals surface area contributed by atoms with E-state index in [0.717, 1.165) is 36.9 Å². The summed E-state index contributed by atoms with van der Waals surface area (Å²) in [5.41, 5.74) is 0. The van der Waals surface area contributed by atoms with Crippen molar-refractivity contribution in [3.63, 3.8) is 0 Å². The Kier molecular flexibility index (Phi) is 7.13. The normalized spacial score (nSPS) is 35.5. The van der Waals surface area contributed by atoms with Gasteiger partial charge in [0.15, 0.2) is 0 Å². The molecule has 2 aliphatic rings. The highest BCUT2D eigenvalue weighted by molar-refractivity contribution is 4.82. The van der Waals surface area contributed by atoms with E-state index in [-0.39, 0.29) is 0 Å². The van der Waals surface area contributed by atoms with E-state index in [1.165, 1.54) is 57.8 Å². The third-order valence-corrected chi connectivity index (χ3v) is 5.83. The molecule has 0 aromatic carbocycles. The third-order valence-electron chi connectivity index (χ3n) is 5.83. The van der Waals surface area contributed by atoms with Crippen LogP contribution in [-0.2, 0) is 4.74 Å². The Morgan fingerprint density at radius 1 is 0.850 bits per heavy atom. The molecule has 0 spiro atoms. The molecule has 2 rings (SSSR count). The molecule has 0 radical (unpaired) electrons. The molecule has 0 bridgehead atoms. The van der Waals surface area contributed by atoms with Crippen LogP contribution in [0.2, 0.25) is 0 Å². The van der Waals surface area contributed by atoms with Gasteiger partial charge in [-0.3, -0.25) is 0 Å². The van der Waals surface area contributed by atoms with E-state index in [9.17, 15) is 0 Å². The lowest BCUT2D eigenvalue weighted by Crippen LogP contribution is -2.27. The molecule has 0 N–H and O–H groups in total. The zero-order chi connectivity index (χ0) is 14.2. The Hall–Kier alpha value is -0.300. The van der Waals surface area contributed by atoms with Gasteiger partial charge in [-0.1, -0.05) is 38.3 Å². The van der Waals surface area contributed by atoms with Crippen LogP contribution in [0.25, 0.3) is 0 Å². The number of ether oxygens (including phenoxy) is 1. The molecule has 1 heteroatoms. The van der Waals surface area contributed by atoms with Gasteiger partial charge in [0.2, 0.25) is 0 Å². The smallest absolute Gasteiger partial charge is 0.0647 e. The lowest BCUT2D eigenvalue weighted by molar-refractivity contribution is 0.0782. The molecule has 2 saturated carbocycles. The van der Waals surface area contributed by atoms with Gasteiger partial charge in [-0.25, -0.2) is 0 Å². The number of hydrogen-bond donors (Lipinski definition) is 0. The number of allylic oxidation sites excluding steroid dienone is 1. The molecule has 0 heterocycles. The Bertz CT molecular complexity index is 267. The standard InChI is InChI=1S/C19H34O/c1-3-5-14-20-15-17-8-12-19(13-9-17)18-10-6-16(4-2)7-11-18/h3,5,16-19H,4,6-15H2,1-2H3. The van der Waals surface area contributed by atoms with Gasteiger partial charge in [-0.2, -0.15) is 0 Å². The highest BCUT2D eigenvalue weighted by Crippen LogP contribution is 2.41. The molecule has 20 heavy (non-hydrogen) atoms. The third kappa shape index (κ3) is 4.91. The first-order chi connectivity index (χ1) is 9.83. The van der Waals surface area contributed by atoms with Crippen molar-refractivity contribution in [2.24, 2.45) is 23.7 Å². The van der Waals surface area contributed by atoms with Gasteiger partial charge in [0.25, 0.3) is 0 Å². The van der Waals surface area contributed by atoms with Gasteiger partial charge >= 0.3 is 0 Å². The van der Waals surface area contributed by atoms with Crippen molar-refractivity contribution in [1.29, 1.82) is 0 Å². The van der Waals surface area contributed by atoms with Gasteiger partial charge in [0.05, 0.1) is 6.61 Å². The van der Waals surface area contributed by atoms with Gasteiger partial charge in [-0.15, -0.1) is 0 Å². The topological polar surface area (TPSA) is 9.23 Å². The second kappa shape index (κ2) is 8.87. The first-order valence-corrected chi connectivity index (χ1v) is 9.02. The van der Waals surface area contributed by atoms with Crippen molar-refractivity contribution in [2.75, 3.05) is 13.2 Å². The molecular formula is C19H34O. The van der Waals surface area contributed by atoms with E-state index in [4.69, 9.17) is 4.74 Å². The maximum atomic E-state index is 5.74. The van der Waals surface area contributed by atoms with Crippen LogP contribution in [0.1, 0.15) is 71.6 Å². The predicted octanol–water partition coefficient (Wildman–Crippen LogP) is 5.60. The molecule has 0 aliphatic heterocycles. The van der Waals surface area contributed by atoms with Crippen LogP contribution in [0, 0.1) is 23.7 Å². The lowest BCUT2D eigenvalue weighted by Gasteiger charge is -2.37. The fourth-order valence-electron chi connectivity index (χ4n) is 4.29. The fourth-order valence-corrected chi connectivity index (χ4v) is 4.29. The zero-order valence-corrected chi connectivity index (χ0v) is 13.7. The maximum Gasteiger partial charge on any atom is 0.0647 e. The van der Waals surface area contributed by atoms with Gasteiger partial charge in [-0.05, 0) is 69.1 Å². The summed E-state index contributed by atoms with van der Waals surface area (Å²) in [6.07, 6.45) is 17.4. The quantitative estimate of drug-likeness (QED) is 0.454. The maximum absolute atomic E-state index is 5.74. The fraction of sp³-hybridized carbons (Fsp3) is 0.895. The molecule has 0 aromatic rings. The molecule has 0 aromatic heterocycles. The SMILES string of the molecule is CC=CCOCC1CCC(C2CCC(CC)CC2)CC1. The highest BCUT2D eigenvalue weighted by atomic mass is 16.5. The van der Waals surface area contributed by atoms with E-state index in [1.54, 1.807) is 0 Å². The summed E-state index contributed by atoms with van der Waals surface area (Å²) >= 11 is 0. The molecule has 0 unspecified atom stereocenters. The van der Waals surface area contributed by atoms with Crippen LogP contribution < -0.4 is 0 Å². The van der Waals surface area contributed by atoms with E-state index in [2.05, 4.69) is 26.0 Å². The van der Waals surface area contributed by atoms with Crippen LogP contribution >= 0.6 is 0 Å². The Morgan fingerprint density at radius 2 is 1.40 bits per heavy atom. The first kappa shape index (κ1) is 16.1. The predicted molar refractivity (Wildman–Crippen MR) is 86.8 cm³/mol. The van der Waals surface area contributed by atoms with Crippen LogP contribution in [0.15, 0.2) is 12.2 Å². The summed E-state index contributed by atoms with van der Waals surface area (Å²) in [5, 5.41) is 0. The van der Waals surface area contributed by atoms with Crippen molar-refractivity contribution in [2.45, 2.75) is 71.6 Å². The van der Waals surface area contributed by atoms with Crippen molar-refractivity contribution < 1.29 is 4.74 Å². The first-order valence-electron chi connectivity index (χ1n) is 9.02. The molecule has 2 aliphatic carbocycles. The van der Waals surface area contributed by atoms with Crippen molar-refractivity contribution in [3.05, 3.63) is 12.2 Å². The van der Waals surface area contributed by atoms with Crippen molar-refractivity contribution >= 4 is 0 Å². The van der Waals surface area contributed by atoms with E-state index < -0.39 is 0 Å². The Balaban J connectivity index is 1.62. The highest BCUT2D eigenvalue weighted by Gasteiger charge is 2.30. The lowest BCUT2D eigenvalue weighted by atomic mass is 9.69. The Morgan fingerprint density at radius 3 is 1.90 bits per heavy atom. The number of hydrogen-bond acceptors (Lipinski definition) is 1. The van der Waals surface area contributed by atoms with Gasteiger partial charge < -0.3 is 4.74 Å². The molecule has 0 atom stereocenters. The van der Waals surface area contributed by atoms with Gasteiger partial charge in [0.1, 0.15) is 0 Å². The molecule has 116 valence electrons. The van der Waals surface area contributed by atoms with Crippen LogP contribution in [0.3, 0.4) is 0 Å². The second-order valence-corrected chi connectivity index (χ2v) is 7.08.